The highest BCUT2D eigenvalue weighted by Crippen LogP contribution is 2.39. The van der Waals surface area contributed by atoms with Gasteiger partial charge in [0.15, 0.2) is 5.69 Å². The van der Waals surface area contributed by atoms with Crippen molar-refractivity contribution >= 4 is 17.3 Å². The van der Waals surface area contributed by atoms with Crippen LogP contribution in [0.25, 0.3) is 0 Å². The monoisotopic (exact) mass is 299 g/mol. The summed E-state index contributed by atoms with van der Waals surface area (Å²) in [6.45, 7) is 7.96. The SMILES string of the molecule is CCOC(=O)c1nc(C2(OCC)CCOCC2)sc1C. The van der Waals surface area contributed by atoms with Crippen LogP contribution in [0.2, 0.25) is 0 Å². The van der Waals surface area contributed by atoms with Gasteiger partial charge in [0.25, 0.3) is 0 Å². The first-order valence-corrected chi connectivity index (χ1v) is 7.81. The highest BCUT2D eigenvalue weighted by atomic mass is 32.1. The molecule has 1 aliphatic rings. The average molecular weight is 299 g/mol. The fourth-order valence-electron chi connectivity index (χ4n) is 2.38. The molecule has 1 aliphatic heterocycles. The van der Waals surface area contributed by atoms with Crippen molar-refractivity contribution in [2.75, 3.05) is 26.4 Å². The molecule has 0 bridgehead atoms. The number of rotatable bonds is 5. The third kappa shape index (κ3) is 3.02. The van der Waals surface area contributed by atoms with Crippen LogP contribution in [0.15, 0.2) is 0 Å². The Morgan fingerprint density at radius 3 is 2.65 bits per heavy atom. The van der Waals surface area contributed by atoms with E-state index in [2.05, 4.69) is 4.98 Å². The smallest absolute Gasteiger partial charge is 0.358 e. The Morgan fingerprint density at radius 2 is 2.05 bits per heavy atom. The molecule has 1 aromatic heterocycles. The molecule has 0 N–H and O–H groups in total. The molecule has 2 heterocycles. The normalized spacial score (nSPS) is 17.9. The number of hydrogen-bond acceptors (Lipinski definition) is 6. The van der Waals surface area contributed by atoms with Gasteiger partial charge in [0, 0.05) is 37.5 Å². The summed E-state index contributed by atoms with van der Waals surface area (Å²) in [6.07, 6.45) is 1.55. The number of carbonyl (C=O) groups is 1. The predicted octanol–water partition coefficient (Wildman–Crippen LogP) is 2.67. The van der Waals surface area contributed by atoms with Crippen LogP contribution >= 0.6 is 11.3 Å². The van der Waals surface area contributed by atoms with Gasteiger partial charge in [0.1, 0.15) is 10.6 Å². The highest BCUT2D eigenvalue weighted by Gasteiger charge is 2.39. The molecule has 6 heteroatoms. The van der Waals surface area contributed by atoms with Crippen LogP contribution in [0.5, 0.6) is 0 Å². The summed E-state index contributed by atoms with van der Waals surface area (Å²) < 4.78 is 16.4. The molecule has 0 radical (unpaired) electrons. The van der Waals surface area contributed by atoms with Crippen LogP contribution in [-0.4, -0.2) is 37.4 Å². The van der Waals surface area contributed by atoms with Crippen LogP contribution < -0.4 is 0 Å². The van der Waals surface area contributed by atoms with Crippen LogP contribution in [0.3, 0.4) is 0 Å². The molecule has 20 heavy (non-hydrogen) atoms. The summed E-state index contributed by atoms with van der Waals surface area (Å²) in [7, 11) is 0. The van der Waals surface area contributed by atoms with Gasteiger partial charge in [0.05, 0.1) is 6.61 Å². The maximum absolute atomic E-state index is 11.9. The van der Waals surface area contributed by atoms with Gasteiger partial charge in [-0.1, -0.05) is 0 Å². The van der Waals surface area contributed by atoms with Gasteiger partial charge in [-0.3, -0.25) is 0 Å². The lowest BCUT2D eigenvalue weighted by Gasteiger charge is -2.35. The molecule has 112 valence electrons. The van der Waals surface area contributed by atoms with Crippen molar-refractivity contribution in [3.63, 3.8) is 0 Å². The first kappa shape index (κ1) is 15.4. The Bertz CT molecular complexity index is 460. The van der Waals surface area contributed by atoms with Gasteiger partial charge in [-0.25, -0.2) is 9.78 Å². The molecule has 1 aromatic rings. The number of aryl methyl sites for hydroxylation is 1. The summed E-state index contributed by atoms with van der Waals surface area (Å²) in [5.41, 5.74) is 0.00473. The van der Waals surface area contributed by atoms with Crippen LogP contribution in [0.4, 0.5) is 0 Å². The van der Waals surface area contributed by atoms with E-state index in [1.54, 1.807) is 6.92 Å². The maximum atomic E-state index is 11.9. The van der Waals surface area contributed by atoms with E-state index in [4.69, 9.17) is 14.2 Å². The van der Waals surface area contributed by atoms with Gasteiger partial charge < -0.3 is 14.2 Å². The van der Waals surface area contributed by atoms with Crippen molar-refractivity contribution in [1.82, 2.24) is 4.98 Å². The number of thiazole rings is 1. The molecule has 0 aromatic carbocycles. The van der Waals surface area contributed by atoms with Gasteiger partial charge in [-0.05, 0) is 20.8 Å². The molecule has 0 saturated carbocycles. The van der Waals surface area contributed by atoms with E-state index in [0.717, 1.165) is 22.7 Å². The molecule has 0 atom stereocenters. The molecule has 5 nitrogen and oxygen atoms in total. The standard InChI is InChI=1S/C14H21NO4S/c1-4-18-12(16)11-10(3)20-13(15-11)14(19-5-2)6-8-17-9-7-14/h4-9H2,1-3H3. The van der Waals surface area contributed by atoms with E-state index in [9.17, 15) is 4.79 Å². The van der Waals surface area contributed by atoms with E-state index >= 15 is 0 Å². The second kappa shape index (κ2) is 6.65. The number of aromatic nitrogens is 1. The highest BCUT2D eigenvalue weighted by molar-refractivity contribution is 7.12. The predicted molar refractivity (Wildman–Crippen MR) is 76.2 cm³/mol. The third-order valence-electron chi connectivity index (χ3n) is 3.38. The topological polar surface area (TPSA) is 57.7 Å². The van der Waals surface area contributed by atoms with E-state index in [1.165, 1.54) is 11.3 Å². The Kier molecular flexibility index (Phi) is 5.12. The fourth-order valence-corrected chi connectivity index (χ4v) is 3.48. The average Bonchev–Trinajstić information content (AvgIpc) is 2.83. The summed E-state index contributed by atoms with van der Waals surface area (Å²) in [4.78, 5) is 17.3. The lowest BCUT2D eigenvalue weighted by atomic mass is 9.95. The number of carbonyl (C=O) groups excluding carboxylic acids is 1. The Morgan fingerprint density at radius 1 is 1.35 bits per heavy atom. The Hall–Kier alpha value is -0.980. The fraction of sp³-hybridized carbons (Fsp3) is 0.714. The second-order valence-corrected chi connectivity index (χ2v) is 5.89. The van der Waals surface area contributed by atoms with E-state index in [0.29, 0.717) is 32.1 Å². The molecule has 1 fully saturated rings. The van der Waals surface area contributed by atoms with Gasteiger partial charge in [-0.15, -0.1) is 11.3 Å². The number of ether oxygens (including phenoxy) is 3. The Balaban J connectivity index is 2.30. The summed E-state index contributed by atoms with van der Waals surface area (Å²) in [6, 6.07) is 0. The maximum Gasteiger partial charge on any atom is 0.358 e. The first-order chi connectivity index (χ1) is 9.63. The lowest BCUT2D eigenvalue weighted by Crippen LogP contribution is -2.36. The Labute approximate surface area is 123 Å². The number of esters is 1. The summed E-state index contributed by atoms with van der Waals surface area (Å²) >= 11 is 1.52. The van der Waals surface area contributed by atoms with Crippen molar-refractivity contribution in [2.24, 2.45) is 0 Å². The minimum Gasteiger partial charge on any atom is -0.461 e. The lowest BCUT2D eigenvalue weighted by molar-refractivity contribution is -0.112. The van der Waals surface area contributed by atoms with Gasteiger partial charge >= 0.3 is 5.97 Å². The third-order valence-corrected chi connectivity index (χ3v) is 4.53. The number of nitrogens with zero attached hydrogens (tertiary/aromatic N) is 1. The van der Waals surface area contributed by atoms with Crippen LogP contribution in [0, 0.1) is 6.92 Å². The minimum atomic E-state index is -0.410. The molecule has 0 spiro atoms. The zero-order valence-corrected chi connectivity index (χ0v) is 13.0. The van der Waals surface area contributed by atoms with Crippen molar-refractivity contribution < 1.29 is 19.0 Å². The molecular weight excluding hydrogens is 278 g/mol. The molecular formula is C14H21NO4S. The molecule has 1 saturated heterocycles. The zero-order chi connectivity index (χ0) is 14.6. The molecule has 0 amide bonds. The molecule has 2 rings (SSSR count). The van der Waals surface area contributed by atoms with E-state index in [-0.39, 0.29) is 5.97 Å². The quantitative estimate of drug-likeness (QED) is 0.782. The van der Waals surface area contributed by atoms with Crippen LogP contribution in [0.1, 0.15) is 47.1 Å². The second-order valence-electron chi connectivity index (χ2n) is 4.68. The first-order valence-electron chi connectivity index (χ1n) is 6.99. The van der Waals surface area contributed by atoms with Gasteiger partial charge in [-0.2, -0.15) is 0 Å². The summed E-state index contributed by atoms with van der Waals surface area (Å²) in [5.74, 6) is -0.355. The van der Waals surface area contributed by atoms with Crippen molar-refractivity contribution in [2.45, 2.75) is 39.2 Å². The van der Waals surface area contributed by atoms with E-state index < -0.39 is 5.60 Å². The van der Waals surface area contributed by atoms with E-state index in [1.807, 2.05) is 13.8 Å². The van der Waals surface area contributed by atoms with Crippen molar-refractivity contribution in [3.8, 4) is 0 Å². The van der Waals surface area contributed by atoms with Crippen molar-refractivity contribution in [3.05, 3.63) is 15.6 Å². The molecule has 0 unspecified atom stereocenters. The van der Waals surface area contributed by atoms with Crippen LogP contribution in [-0.2, 0) is 19.8 Å². The molecule has 0 aliphatic carbocycles. The number of hydrogen-bond donors (Lipinski definition) is 0. The van der Waals surface area contributed by atoms with Gasteiger partial charge in [0.2, 0.25) is 0 Å². The zero-order valence-electron chi connectivity index (χ0n) is 12.2. The largest absolute Gasteiger partial charge is 0.461 e. The summed E-state index contributed by atoms with van der Waals surface area (Å²) in [5, 5.41) is 0.864. The minimum absolute atomic E-state index is 0.355. The van der Waals surface area contributed by atoms with Crippen molar-refractivity contribution in [1.29, 1.82) is 0 Å².